The van der Waals surface area contributed by atoms with Gasteiger partial charge in [-0.1, -0.05) is 93.6 Å². The van der Waals surface area contributed by atoms with Crippen molar-refractivity contribution < 1.29 is 63.6 Å². The molecule has 0 bridgehead atoms. The van der Waals surface area contributed by atoms with Crippen molar-refractivity contribution in [3.8, 4) is 0 Å². The molecule has 1 aromatic rings. The number of aliphatic imine (C=N–C) groups is 1. The summed E-state index contributed by atoms with van der Waals surface area (Å²) in [6.45, 7) is 11.1. The molecule has 406 valence electrons. The minimum absolute atomic E-state index is 0.000679. The number of benzene rings is 1. The van der Waals surface area contributed by atoms with Crippen molar-refractivity contribution in [2.75, 3.05) is 13.6 Å². The standard InChI is InChI=1S/C51H74N10O13/c1-27(24-28(2)40(63)26-33-12-9-8-10-13-33)15-20-36-29(3)43(65)58-38(49(71)72)21-22-41(64)61(7)32(6)46(68)55-31(5)45(67)59-39(25-34-16-18-35(62)19-17-34)48(70)60-42(50(73)74)30(4)44(66)57-37(47(69)56-36)14-11-23-54-51(52)53/h8-10,12-13,15-16,18,20,24,28-31,34-40,42,62-63H,6,11,14,17,19,21-23,25-26H2,1-5,7H3,(H,55,68)(H,56,69)(H,57,66)(H,58,65)(H,59,67)(H,60,70)(H,71,72)(H,73,74)(H4,52,53,54)/b20-15+,27-24+/t28-,29-,30-,31+,34-,35-,36-,37-,38+,39-,40-,42+/m0/s1. The normalized spacial score (nSPS) is 27.7. The Morgan fingerprint density at radius 1 is 0.824 bits per heavy atom. The highest BCUT2D eigenvalue weighted by Crippen LogP contribution is 2.23. The number of carboxylic acid groups (broad SMARTS) is 2. The molecule has 14 N–H and O–H groups in total. The lowest BCUT2D eigenvalue weighted by Gasteiger charge is -2.29. The number of guanidine groups is 1. The summed E-state index contributed by atoms with van der Waals surface area (Å²) in [4.78, 5) is 127. The third kappa shape index (κ3) is 19.6. The third-order valence-electron chi connectivity index (χ3n) is 13.0. The number of aliphatic carboxylic acids is 2. The van der Waals surface area contributed by atoms with E-state index in [1.165, 1.54) is 40.0 Å². The van der Waals surface area contributed by atoms with Crippen LogP contribution in [0.4, 0.5) is 0 Å². The van der Waals surface area contributed by atoms with Crippen LogP contribution in [0.1, 0.15) is 85.1 Å². The number of aliphatic hydroxyl groups is 2. The monoisotopic (exact) mass is 1030 g/mol. The molecule has 0 saturated carbocycles. The first-order valence-corrected chi connectivity index (χ1v) is 24.5. The molecule has 74 heavy (non-hydrogen) atoms. The lowest BCUT2D eigenvalue weighted by molar-refractivity contribution is -0.146. The molecule has 1 aromatic carbocycles. The number of carboxylic acids is 2. The van der Waals surface area contributed by atoms with Gasteiger partial charge in [0.2, 0.25) is 35.4 Å². The number of nitrogens with zero attached hydrogens (tertiary/aromatic N) is 2. The molecule has 1 saturated heterocycles. The Morgan fingerprint density at radius 2 is 1.46 bits per heavy atom. The minimum atomic E-state index is -1.94. The van der Waals surface area contributed by atoms with Crippen LogP contribution in [-0.2, 0) is 49.6 Å². The van der Waals surface area contributed by atoms with Crippen LogP contribution in [0.5, 0.6) is 0 Å². The van der Waals surface area contributed by atoms with Crippen molar-refractivity contribution >= 4 is 59.2 Å². The van der Waals surface area contributed by atoms with Gasteiger partial charge in [0.15, 0.2) is 5.96 Å². The molecule has 0 unspecified atom stereocenters. The fourth-order valence-electron chi connectivity index (χ4n) is 8.06. The zero-order chi connectivity index (χ0) is 55.4. The lowest BCUT2D eigenvalue weighted by atomic mass is 9.88. The maximum absolute atomic E-state index is 14.4. The van der Waals surface area contributed by atoms with E-state index in [1.54, 1.807) is 25.2 Å². The van der Waals surface area contributed by atoms with Crippen molar-refractivity contribution in [3.63, 3.8) is 0 Å². The largest absolute Gasteiger partial charge is 0.480 e. The Balaban J connectivity index is 2.12. The summed E-state index contributed by atoms with van der Waals surface area (Å²) in [5.74, 6) is -13.4. The number of nitrogens with one attached hydrogen (secondary N) is 6. The van der Waals surface area contributed by atoms with E-state index < -0.39 is 132 Å². The highest BCUT2D eigenvalue weighted by atomic mass is 16.4. The number of allylic oxidation sites excluding steroid dienone is 3. The molecule has 23 nitrogen and oxygen atoms in total. The Bertz CT molecular complexity index is 2320. The summed E-state index contributed by atoms with van der Waals surface area (Å²) in [6.07, 6.45) is 6.47. The number of nitrogens with two attached hydrogens (primary N) is 2. The fraction of sp³-hybridized carbons (Fsp3) is 0.529. The zero-order valence-corrected chi connectivity index (χ0v) is 42.8. The van der Waals surface area contributed by atoms with Crippen LogP contribution in [0, 0.1) is 23.7 Å². The highest BCUT2D eigenvalue weighted by molar-refractivity contribution is 6.00. The van der Waals surface area contributed by atoms with Crippen LogP contribution in [0.3, 0.4) is 0 Å². The van der Waals surface area contributed by atoms with E-state index in [-0.39, 0.29) is 43.6 Å². The van der Waals surface area contributed by atoms with Gasteiger partial charge in [0.05, 0.1) is 30.1 Å². The Labute approximate surface area is 430 Å². The van der Waals surface area contributed by atoms with Gasteiger partial charge in [-0.3, -0.25) is 38.6 Å². The molecular formula is C51H74N10O13. The number of carbonyl (C=O) groups is 9. The lowest BCUT2D eigenvalue weighted by Crippen LogP contribution is -2.59. The summed E-state index contributed by atoms with van der Waals surface area (Å²) in [5.41, 5.74) is 12.1. The van der Waals surface area contributed by atoms with E-state index in [4.69, 9.17) is 11.5 Å². The molecule has 2 aliphatic rings. The first-order chi connectivity index (χ1) is 34.8. The van der Waals surface area contributed by atoms with Gasteiger partial charge in [0.1, 0.15) is 35.9 Å². The van der Waals surface area contributed by atoms with Gasteiger partial charge >= 0.3 is 11.9 Å². The summed E-state index contributed by atoms with van der Waals surface area (Å²) in [5, 5.41) is 56.6. The summed E-state index contributed by atoms with van der Waals surface area (Å²) < 4.78 is 0. The Kier molecular flexibility index (Phi) is 24.1. The van der Waals surface area contributed by atoms with Crippen LogP contribution >= 0.6 is 0 Å². The maximum Gasteiger partial charge on any atom is 0.327 e. The van der Waals surface area contributed by atoms with E-state index in [9.17, 15) is 63.6 Å². The van der Waals surface area contributed by atoms with E-state index in [2.05, 4.69) is 43.5 Å². The average molecular weight is 1040 g/mol. The second kappa shape index (κ2) is 29.3. The zero-order valence-electron chi connectivity index (χ0n) is 42.8. The first-order valence-electron chi connectivity index (χ1n) is 24.5. The van der Waals surface area contributed by atoms with Crippen LogP contribution in [0.2, 0.25) is 0 Å². The first kappa shape index (κ1) is 60.9. The number of rotatable bonds is 14. The van der Waals surface area contributed by atoms with Crippen molar-refractivity contribution in [2.24, 2.45) is 40.1 Å². The molecule has 23 heteroatoms. The quantitative estimate of drug-likeness (QED) is 0.0283. The van der Waals surface area contributed by atoms with Crippen LogP contribution in [0.15, 0.2) is 83.6 Å². The second-order valence-corrected chi connectivity index (χ2v) is 19.0. The average Bonchev–Trinajstić information content (AvgIpc) is 3.35. The van der Waals surface area contributed by atoms with Gasteiger partial charge in [-0.05, 0) is 70.3 Å². The molecule has 3 rings (SSSR count). The maximum atomic E-state index is 14.4. The molecule has 0 spiro atoms. The number of hydrogen-bond acceptors (Lipinski definition) is 12. The highest BCUT2D eigenvalue weighted by Gasteiger charge is 2.38. The van der Waals surface area contributed by atoms with E-state index in [1.807, 2.05) is 37.3 Å². The van der Waals surface area contributed by atoms with Crippen LogP contribution in [0.25, 0.3) is 0 Å². The smallest absolute Gasteiger partial charge is 0.327 e. The topological polar surface area (TPSA) is 374 Å². The molecular weight excluding hydrogens is 961 g/mol. The molecule has 7 amide bonds. The van der Waals surface area contributed by atoms with Crippen LogP contribution < -0.4 is 43.4 Å². The van der Waals surface area contributed by atoms with Crippen molar-refractivity contribution in [1.29, 1.82) is 0 Å². The molecule has 1 heterocycles. The van der Waals surface area contributed by atoms with Gasteiger partial charge in [-0.25, -0.2) is 9.59 Å². The van der Waals surface area contributed by atoms with Crippen LogP contribution in [-0.4, -0.2) is 147 Å². The van der Waals surface area contributed by atoms with E-state index >= 15 is 0 Å². The minimum Gasteiger partial charge on any atom is -0.480 e. The number of carbonyl (C=O) groups excluding carboxylic acids is 7. The molecule has 0 radical (unpaired) electrons. The van der Waals surface area contributed by atoms with Crippen molar-refractivity contribution in [2.45, 2.75) is 134 Å². The third-order valence-corrected chi connectivity index (χ3v) is 13.0. The van der Waals surface area contributed by atoms with Gasteiger partial charge in [0.25, 0.3) is 5.91 Å². The van der Waals surface area contributed by atoms with E-state index in [0.29, 0.717) is 24.8 Å². The number of hydrogen-bond donors (Lipinski definition) is 12. The van der Waals surface area contributed by atoms with Gasteiger partial charge < -0.3 is 68.7 Å². The predicted octanol–water partition coefficient (Wildman–Crippen LogP) is -0.365. The molecule has 0 aromatic heterocycles. The summed E-state index contributed by atoms with van der Waals surface area (Å²) in [6, 6.07) is 0.260. The predicted molar refractivity (Wildman–Crippen MR) is 273 cm³/mol. The molecule has 1 fully saturated rings. The number of amides is 7. The van der Waals surface area contributed by atoms with Gasteiger partial charge in [0, 0.05) is 25.9 Å². The summed E-state index contributed by atoms with van der Waals surface area (Å²) >= 11 is 0. The summed E-state index contributed by atoms with van der Waals surface area (Å²) in [7, 11) is 1.20. The molecule has 12 atom stereocenters. The van der Waals surface area contributed by atoms with Gasteiger partial charge in [-0.15, -0.1) is 0 Å². The van der Waals surface area contributed by atoms with Crippen molar-refractivity contribution in [1.82, 2.24) is 36.8 Å². The Hall–Kier alpha value is -7.40. The molecule has 1 aliphatic carbocycles. The molecule has 1 aliphatic heterocycles. The fourth-order valence-corrected chi connectivity index (χ4v) is 8.06. The SMILES string of the molecule is C=C1C(=O)N[C@H](C)C(=O)N[C@@H](C[C@H]2C=C[C@H](O)CC2)C(=O)N[C@@H](C(=O)O)[C@H](C)C(=O)N[C@@H](CCCN=C(N)N)C(=O)N[C@@H](/C=C/C(C)=C/[C@H](C)[C@@H](O)Cc2ccccc2)[C@H](C)C(=O)N[C@@H](C(=O)O)CCC(=O)N1C. The Morgan fingerprint density at radius 3 is 2.07 bits per heavy atom. The van der Waals surface area contributed by atoms with E-state index in [0.717, 1.165) is 10.5 Å². The van der Waals surface area contributed by atoms with Gasteiger partial charge in [-0.2, -0.15) is 0 Å². The van der Waals surface area contributed by atoms with Crippen molar-refractivity contribution in [3.05, 3.63) is 84.1 Å². The number of aliphatic hydroxyl groups excluding tert-OH is 2. The second-order valence-electron chi connectivity index (χ2n) is 19.0. The number of likely N-dealkylation sites (N-methyl/N-ethyl adjacent to an activating group) is 1.